The highest BCUT2D eigenvalue weighted by Crippen LogP contribution is 2.19. The summed E-state index contributed by atoms with van der Waals surface area (Å²) in [6, 6.07) is 5.24. The Morgan fingerprint density at radius 1 is 1.52 bits per heavy atom. The van der Waals surface area contributed by atoms with Crippen LogP contribution >= 0.6 is 0 Å². The fraction of sp³-hybridized carbons (Fsp3) is 0.467. The summed E-state index contributed by atoms with van der Waals surface area (Å²) in [4.78, 5) is 23.4. The summed E-state index contributed by atoms with van der Waals surface area (Å²) in [6.07, 6.45) is 2.57. The molecule has 2 heterocycles. The van der Waals surface area contributed by atoms with Gasteiger partial charge in [-0.15, -0.1) is 0 Å². The molecule has 1 aliphatic rings. The lowest BCUT2D eigenvalue weighted by Crippen LogP contribution is -2.15. The van der Waals surface area contributed by atoms with Crippen molar-refractivity contribution in [2.75, 3.05) is 18.4 Å². The maximum atomic E-state index is 11.9. The standard InChI is InChI=1S/C15H19N3O3/c1-18-12-4-3-11(8-13(12)21-15(18)20)17-14(19)5-2-10-6-7-16-9-10/h3-4,8,10,16H,2,5-7,9H2,1H3,(H,17,19). The van der Waals surface area contributed by atoms with Gasteiger partial charge in [0.15, 0.2) is 5.58 Å². The first-order valence-corrected chi connectivity index (χ1v) is 7.23. The summed E-state index contributed by atoms with van der Waals surface area (Å²) < 4.78 is 6.55. The molecule has 1 aliphatic heterocycles. The van der Waals surface area contributed by atoms with Crippen molar-refractivity contribution in [2.45, 2.75) is 19.3 Å². The molecule has 0 spiro atoms. The van der Waals surface area contributed by atoms with Gasteiger partial charge >= 0.3 is 5.76 Å². The van der Waals surface area contributed by atoms with Gasteiger partial charge in [0, 0.05) is 25.2 Å². The zero-order chi connectivity index (χ0) is 14.8. The Hall–Kier alpha value is -2.08. The van der Waals surface area contributed by atoms with Gasteiger partial charge in [-0.2, -0.15) is 0 Å². The van der Waals surface area contributed by atoms with Crippen molar-refractivity contribution in [2.24, 2.45) is 13.0 Å². The van der Waals surface area contributed by atoms with E-state index in [9.17, 15) is 9.59 Å². The lowest BCUT2D eigenvalue weighted by molar-refractivity contribution is -0.116. The second-order valence-corrected chi connectivity index (χ2v) is 5.56. The van der Waals surface area contributed by atoms with Crippen LogP contribution in [0.25, 0.3) is 11.1 Å². The molecule has 6 nitrogen and oxygen atoms in total. The molecule has 1 aromatic heterocycles. The number of carbonyl (C=O) groups excluding carboxylic acids is 1. The third-order valence-electron chi connectivity index (χ3n) is 4.02. The molecular weight excluding hydrogens is 270 g/mol. The van der Waals surface area contributed by atoms with E-state index >= 15 is 0 Å². The summed E-state index contributed by atoms with van der Waals surface area (Å²) in [6.45, 7) is 2.06. The fourth-order valence-electron chi connectivity index (χ4n) is 2.73. The SMILES string of the molecule is Cn1c(=O)oc2cc(NC(=O)CCC3CCNC3)ccc21. The summed E-state index contributed by atoms with van der Waals surface area (Å²) in [5, 5.41) is 6.15. The number of amides is 1. The molecule has 1 atom stereocenters. The number of aromatic nitrogens is 1. The van der Waals surface area contributed by atoms with Crippen LogP contribution in [-0.4, -0.2) is 23.6 Å². The second kappa shape index (κ2) is 5.73. The normalized spacial score (nSPS) is 18.2. The van der Waals surface area contributed by atoms with E-state index in [2.05, 4.69) is 10.6 Å². The molecule has 2 N–H and O–H groups in total. The predicted octanol–water partition coefficient (Wildman–Crippen LogP) is 1.46. The van der Waals surface area contributed by atoms with Crippen LogP contribution in [0.15, 0.2) is 27.4 Å². The monoisotopic (exact) mass is 289 g/mol. The van der Waals surface area contributed by atoms with E-state index in [1.54, 1.807) is 25.2 Å². The average Bonchev–Trinajstić information content (AvgIpc) is 3.06. The van der Waals surface area contributed by atoms with Crippen LogP contribution in [0.3, 0.4) is 0 Å². The lowest BCUT2D eigenvalue weighted by atomic mass is 10.0. The number of oxazole rings is 1. The van der Waals surface area contributed by atoms with Gasteiger partial charge in [0.05, 0.1) is 5.52 Å². The van der Waals surface area contributed by atoms with Crippen molar-refractivity contribution >= 4 is 22.7 Å². The Morgan fingerprint density at radius 2 is 2.38 bits per heavy atom. The van der Waals surface area contributed by atoms with E-state index in [0.29, 0.717) is 23.6 Å². The molecule has 21 heavy (non-hydrogen) atoms. The molecule has 1 saturated heterocycles. The van der Waals surface area contributed by atoms with Crippen molar-refractivity contribution in [3.8, 4) is 0 Å². The van der Waals surface area contributed by atoms with E-state index in [-0.39, 0.29) is 5.91 Å². The minimum absolute atomic E-state index is 0.000437. The smallest absolute Gasteiger partial charge is 0.408 e. The van der Waals surface area contributed by atoms with E-state index in [4.69, 9.17) is 4.42 Å². The van der Waals surface area contributed by atoms with Crippen molar-refractivity contribution in [3.05, 3.63) is 28.7 Å². The van der Waals surface area contributed by atoms with Gasteiger partial charge in [0.25, 0.3) is 0 Å². The minimum atomic E-state index is -0.401. The number of rotatable bonds is 4. The van der Waals surface area contributed by atoms with E-state index in [1.165, 1.54) is 4.57 Å². The Labute approximate surface area is 122 Å². The fourth-order valence-corrected chi connectivity index (χ4v) is 2.73. The van der Waals surface area contributed by atoms with Crippen LogP contribution in [0.1, 0.15) is 19.3 Å². The molecule has 1 amide bonds. The number of nitrogens with one attached hydrogen (secondary N) is 2. The highest BCUT2D eigenvalue weighted by Gasteiger charge is 2.16. The predicted molar refractivity (Wildman–Crippen MR) is 80.3 cm³/mol. The molecule has 6 heteroatoms. The lowest BCUT2D eigenvalue weighted by Gasteiger charge is -2.08. The van der Waals surface area contributed by atoms with Crippen molar-refractivity contribution in [3.63, 3.8) is 0 Å². The Bertz CT molecular complexity index is 711. The van der Waals surface area contributed by atoms with Crippen molar-refractivity contribution in [1.29, 1.82) is 0 Å². The molecule has 0 saturated carbocycles. The van der Waals surface area contributed by atoms with Crippen molar-refractivity contribution < 1.29 is 9.21 Å². The molecule has 3 rings (SSSR count). The summed E-state index contributed by atoms with van der Waals surface area (Å²) in [5.74, 6) is 0.201. The van der Waals surface area contributed by atoms with Gasteiger partial charge in [0.2, 0.25) is 5.91 Å². The van der Waals surface area contributed by atoms with Crippen molar-refractivity contribution in [1.82, 2.24) is 9.88 Å². The Morgan fingerprint density at radius 3 is 3.14 bits per heavy atom. The van der Waals surface area contributed by atoms with Gasteiger partial charge < -0.3 is 15.1 Å². The number of nitrogens with zero attached hydrogens (tertiary/aromatic N) is 1. The van der Waals surface area contributed by atoms with E-state index < -0.39 is 5.76 Å². The average molecular weight is 289 g/mol. The molecule has 112 valence electrons. The first-order chi connectivity index (χ1) is 10.1. The molecule has 1 aromatic carbocycles. The van der Waals surface area contributed by atoms with Crippen LogP contribution in [0.5, 0.6) is 0 Å². The topological polar surface area (TPSA) is 76.3 Å². The zero-order valence-corrected chi connectivity index (χ0v) is 12.0. The summed E-state index contributed by atoms with van der Waals surface area (Å²) in [7, 11) is 1.65. The van der Waals surface area contributed by atoms with Gasteiger partial charge in [-0.3, -0.25) is 9.36 Å². The number of fused-ring (bicyclic) bond motifs is 1. The van der Waals surface area contributed by atoms with Crippen LogP contribution in [-0.2, 0) is 11.8 Å². The number of hydrogen-bond donors (Lipinski definition) is 2. The van der Waals surface area contributed by atoms with Crippen LogP contribution in [0, 0.1) is 5.92 Å². The molecule has 2 aromatic rings. The highest BCUT2D eigenvalue weighted by atomic mass is 16.4. The maximum absolute atomic E-state index is 11.9. The third-order valence-corrected chi connectivity index (χ3v) is 4.02. The molecule has 0 bridgehead atoms. The largest absolute Gasteiger partial charge is 0.419 e. The first-order valence-electron chi connectivity index (χ1n) is 7.23. The van der Waals surface area contributed by atoms with Gasteiger partial charge in [0.1, 0.15) is 0 Å². The Balaban J connectivity index is 1.64. The van der Waals surface area contributed by atoms with E-state index in [0.717, 1.165) is 31.4 Å². The van der Waals surface area contributed by atoms with Crippen LogP contribution in [0.4, 0.5) is 5.69 Å². The number of benzene rings is 1. The molecule has 0 radical (unpaired) electrons. The Kier molecular flexibility index (Phi) is 3.79. The number of carbonyl (C=O) groups is 1. The van der Waals surface area contributed by atoms with Crippen LogP contribution in [0.2, 0.25) is 0 Å². The second-order valence-electron chi connectivity index (χ2n) is 5.56. The third kappa shape index (κ3) is 3.00. The quantitative estimate of drug-likeness (QED) is 0.893. The number of aryl methyl sites for hydroxylation is 1. The van der Waals surface area contributed by atoms with Crippen LogP contribution < -0.4 is 16.4 Å². The summed E-state index contributed by atoms with van der Waals surface area (Å²) in [5.41, 5.74) is 1.86. The highest BCUT2D eigenvalue weighted by molar-refractivity contribution is 5.92. The van der Waals surface area contributed by atoms with Gasteiger partial charge in [-0.25, -0.2) is 4.79 Å². The number of hydrogen-bond acceptors (Lipinski definition) is 4. The molecule has 1 unspecified atom stereocenters. The number of anilines is 1. The van der Waals surface area contributed by atoms with Gasteiger partial charge in [-0.05, 0) is 44.0 Å². The van der Waals surface area contributed by atoms with Gasteiger partial charge in [-0.1, -0.05) is 0 Å². The molecule has 1 fully saturated rings. The summed E-state index contributed by atoms with van der Waals surface area (Å²) >= 11 is 0. The minimum Gasteiger partial charge on any atom is -0.408 e. The zero-order valence-electron chi connectivity index (χ0n) is 12.0. The molecular formula is C15H19N3O3. The van der Waals surface area contributed by atoms with E-state index in [1.807, 2.05) is 0 Å². The maximum Gasteiger partial charge on any atom is 0.419 e. The molecule has 0 aliphatic carbocycles. The first kappa shape index (κ1) is 13.9.